The molecule has 3 fully saturated rings. The van der Waals surface area contributed by atoms with Crippen LogP contribution in [-0.2, 0) is 19.0 Å². The highest BCUT2D eigenvalue weighted by atomic mass is 32.2. The monoisotopic (exact) mass is 282 g/mol. The third-order valence-electron chi connectivity index (χ3n) is 4.05. The molecule has 4 nitrogen and oxygen atoms in total. The number of hydrogen-bond acceptors (Lipinski definition) is 4. The third-order valence-corrected chi connectivity index (χ3v) is 5.33. The maximum absolute atomic E-state index is 12.1. The molecule has 0 atom stereocenters. The number of hydrogen-bond donors (Lipinski definition) is 0. The number of fused-ring (bicyclic) bond motifs is 1. The quantitative estimate of drug-likeness (QED) is 0.795. The van der Waals surface area contributed by atoms with E-state index in [0.717, 1.165) is 18.4 Å². The first kappa shape index (κ1) is 13.1. The average Bonchev–Trinajstić information content (AvgIpc) is 2.81. The fraction of sp³-hybridized carbons (Fsp3) is 0.571. The maximum Gasteiger partial charge on any atom is 0.296 e. The Kier molecular flexibility index (Phi) is 2.78. The fourth-order valence-electron chi connectivity index (χ4n) is 3.19. The van der Waals surface area contributed by atoms with Gasteiger partial charge in [0.15, 0.2) is 0 Å². The number of ether oxygens (including phenoxy) is 1. The van der Waals surface area contributed by atoms with Crippen LogP contribution in [0.5, 0.6) is 0 Å². The molecule has 0 amide bonds. The van der Waals surface area contributed by atoms with Crippen LogP contribution in [-0.4, -0.2) is 27.2 Å². The summed E-state index contributed by atoms with van der Waals surface area (Å²) in [7, 11) is -3.65. The second-order valence-electron chi connectivity index (χ2n) is 6.12. The zero-order valence-corrected chi connectivity index (χ0v) is 12.0. The summed E-state index contributed by atoms with van der Waals surface area (Å²) in [5.41, 5.74) is 0.889. The summed E-state index contributed by atoms with van der Waals surface area (Å²) in [6.45, 7) is 4.81. The zero-order valence-electron chi connectivity index (χ0n) is 11.2. The fourth-order valence-corrected chi connectivity index (χ4v) is 4.20. The normalized spacial score (nSPS) is 33.2. The molecule has 2 bridgehead atoms. The van der Waals surface area contributed by atoms with Gasteiger partial charge in [-0.1, -0.05) is 17.7 Å². The molecule has 4 rings (SSSR count). The van der Waals surface area contributed by atoms with Gasteiger partial charge >= 0.3 is 0 Å². The topological polar surface area (TPSA) is 52.6 Å². The molecule has 104 valence electrons. The highest BCUT2D eigenvalue weighted by molar-refractivity contribution is 7.86. The Morgan fingerprint density at radius 2 is 1.89 bits per heavy atom. The third kappa shape index (κ3) is 2.30. The standard InChI is InChI=1S/C14H18O4S/c1-11-3-5-12(6-4-11)19(15,16)18-10-14-7-13(2,8-14)17-9-14/h3-6H,7-10H2,1-2H3. The molecule has 1 aliphatic carbocycles. The van der Waals surface area contributed by atoms with Gasteiger partial charge < -0.3 is 4.74 Å². The van der Waals surface area contributed by atoms with E-state index in [0.29, 0.717) is 6.61 Å². The highest BCUT2D eigenvalue weighted by Gasteiger charge is 2.60. The summed E-state index contributed by atoms with van der Waals surface area (Å²) in [5, 5.41) is 0. The second kappa shape index (κ2) is 4.04. The lowest BCUT2D eigenvalue weighted by Crippen LogP contribution is -2.44. The minimum absolute atomic E-state index is 0.0447. The van der Waals surface area contributed by atoms with Gasteiger partial charge in [0.25, 0.3) is 10.1 Å². The van der Waals surface area contributed by atoms with Crippen LogP contribution in [0.15, 0.2) is 29.2 Å². The molecule has 2 saturated heterocycles. The van der Waals surface area contributed by atoms with Gasteiger partial charge in [-0.25, -0.2) is 0 Å². The van der Waals surface area contributed by atoms with E-state index < -0.39 is 10.1 Å². The molecule has 0 aromatic heterocycles. The van der Waals surface area contributed by atoms with Crippen LogP contribution in [0.25, 0.3) is 0 Å². The Morgan fingerprint density at radius 3 is 2.42 bits per heavy atom. The van der Waals surface area contributed by atoms with Crippen molar-refractivity contribution < 1.29 is 17.3 Å². The highest BCUT2D eigenvalue weighted by Crippen LogP contribution is 2.57. The van der Waals surface area contributed by atoms with Crippen LogP contribution in [0.1, 0.15) is 25.3 Å². The first-order chi connectivity index (χ1) is 8.83. The van der Waals surface area contributed by atoms with Gasteiger partial charge in [-0.2, -0.15) is 8.42 Å². The molecule has 0 N–H and O–H groups in total. The minimum Gasteiger partial charge on any atom is -0.375 e. The van der Waals surface area contributed by atoms with E-state index in [4.69, 9.17) is 8.92 Å². The van der Waals surface area contributed by atoms with E-state index in [-0.39, 0.29) is 22.5 Å². The molecular formula is C14H18O4S. The Bertz CT molecular complexity index is 582. The Balaban J connectivity index is 1.68. The van der Waals surface area contributed by atoms with Crippen LogP contribution >= 0.6 is 0 Å². The van der Waals surface area contributed by atoms with Gasteiger partial charge in [0, 0.05) is 5.41 Å². The Labute approximate surface area is 113 Å². The van der Waals surface area contributed by atoms with Gasteiger partial charge in [-0.05, 0) is 38.8 Å². The molecule has 2 aliphatic heterocycles. The van der Waals surface area contributed by atoms with Crippen molar-refractivity contribution in [3.8, 4) is 0 Å². The number of benzene rings is 1. The lowest BCUT2D eigenvalue weighted by Gasteiger charge is -2.41. The van der Waals surface area contributed by atoms with Crippen LogP contribution in [0, 0.1) is 12.3 Å². The average molecular weight is 282 g/mol. The van der Waals surface area contributed by atoms with Gasteiger partial charge in [0.1, 0.15) is 0 Å². The maximum atomic E-state index is 12.1. The molecule has 2 heterocycles. The van der Waals surface area contributed by atoms with E-state index in [1.165, 1.54) is 0 Å². The van der Waals surface area contributed by atoms with Gasteiger partial charge in [-0.3, -0.25) is 4.18 Å². The van der Waals surface area contributed by atoms with Crippen molar-refractivity contribution >= 4 is 10.1 Å². The van der Waals surface area contributed by atoms with Crippen molar-refractivity contribution in [3.05, 3.63) is 29.8 Å². The lowest BCUT2D eigenvalue weighted by atomic mass is 9.64. The molecule has 0 radical (unpaired) electrons. The van der Waals surface area contributed by atoms with Crippen molar-refractivity contribution in [3.63, 3.8) is 0 Å². The summed E-state index contributed by atoms with van der Waals surface area (Å²) in [5.74, 6) is 0. The summed E-state index contributed by atoms with van der Waals surface area (Å²) >= 11 is 0. The number of aryl methyl sites for hydroxylation is 1. The predicted octanol–water partition coefficient (Wildman–Crippen LogP) is 2.27. The van der Waals surface area contributed by atoms with Gasteiger partial charge in [-0.15, -0.1) is 0 Å². The first-order valence-electron chi connectivity index (χ1n) is 6.43. The van der Waals surface area contributed by atoms with Crippen LogP contribution in [0.2, 0.25) is 0 Å². The molecule has 3 aliphatic rings. The van der Waals surface area contributed by atoms with Crippen LogP contribution < -0.4 is 0 Å². The number of rotatable bonds is 4. The summed E-state index contributed by atoms with van der Waals surface area (Å²) in [6, 6.07) is 6.71. The van der Waals surface area contributed by atoms with Crippen molar-refractivity contribution in [1.29, 1.82) is 0 Å². The van der Waals surface area contributed by atoms with E-state index in [2.05, 4.69) is 6.92 Å². The van der Waals surface area contributed by atoms with Crippen LogP contribution in [0.4, 0.5) is 0 Å². The van der Waals surface area contributed by atoms with Crippen LogP contribution in [0.3, 0.4) is 0 Å². The van der Waals surface area contributed by atoms with E-state index in [1.54, 1.807) is 24.3 Å². The molecular weight excluding hydrogens is 264 g/mol. The van der Waals surface area contributed by atoms with E-state index in [9.17, 15) is 8.42 Å². The van der Waals surface area contributed by atoms with Gasteiger partial charge in [0.05, 0.1) is 23.7 Å². The van der Waals surface area contributed by atoms with E-state index >= 15 is 0 Å². The molecule has 1 saturated carbocycles. The molecule has 0 unspecified atom stereocenters. The summed E-state index contributed by atoms with van der Waals surface area (Å²) < 4.78 is 35.0. The van der Waals surface area contributed by atoms with Gasteiger partial charge in [0.2, 0.25) is 0 Å². The van der Waals surface area contributed by atoms with Crippen molar-refractivity contribution in [2.45, 2.75) is 37.2 Å². The van der Waals surface area contributed by atoms with Crippen molar-refractivity contribution in [2.75, 3.05) is 13.2 Å². The lowest BCUT2D eigenvalue weighted by molar-refractivity contribution is -0.00771. The minimum atomic E-state index is -3.65. The Hall–Kier alpha value is -0.910. The first-order valence-corrected chi connectivity index (χ1v) is 7.84. The largest absolute Gasteiger partial charge is 0.375 e. The molecule has 5 heteroatoms. The smallest absolute Gasteiger partial charge is 0.296 e. The van der Waals surface area contributed by atoms with Crippen molar-refractivity contribution in [1.82, 2.24) is 0 Å². The Morgan fingerprint density at radius 1 is 1.26 bits per heavy atom. The zero-order chi connectivity index (χ0) is 13.7. The predicted molar refractivity (Wildman–Crippen MR) is 70.3 cm³/mol. The SMILES string of the molecule is Cc1ccc(S(=O)(=O)OCC23COC(C)(C2)C3)cc1. The van der Waals surface area contributed by atoms with E-state index in [1.807, 2.05) is 6.92 Å². The molecule has 1 aromatic carbocycles. The molecule has 0 spiro atoms. The van der Waals surface area contributed by atoms with Crippen molar-refractivity contribution in [2.24, 2.45) is 5.41 Å². The second-order valence-corrected chi connectivity index (χ2v) is 7.74. The summed E-state index contributed by atoms with van der Waals surface area (Å²) in [6.07, 6.45) is 1.78. The molecule has 1 aromatic rings. The summed E-state index contributed by atoms with van der Waals surface area (Å²) in [4.78, 5) is 0.218. The molecule has 19 heavy (non-hydrogen) atoms.